The first kappa shape index (κ1) is 15.0. The Balaban J connectivity index is 1.80. The molecule has 6 nitrogen and oxygen atoms in total. The van der Waals surface area contributed by atoms with Gasteiger partial charge in [-0.15, -0.1) is 0 Å². The number of carbonyl (C=O) groups excluding carboxylic acids is 1. The van der Waals surface area contributed by atoms with Gasteiger partial charge in [-0.25, -0.2) is 0 Å². The van der Waals surface area contributed by atoms with E-state index in [2.05, 4.69) is 10.5 Å². The Kier molecular flexibility index (Phi) is 4.23. The molecule has 1 heterocycles. The van der Waals surface area contributed by atoms with Crippen molar-refractivity contribution >= 4 is 24.2 Å². The maximum Gasteiger partial charge on any atom is 0.488 e. The number of benzene rings is 2. The number of rotatable bonds is 4. The summed E-state index contributed by atoms with van der Waals surface area (Å²) >= 11 is 0. The summed E-state index contributed by atoms with van der Waals surface area (Å²) in [6.07, 6.45) is 1.37. The molecule has 0 spiro atoms. The van der Waals surface area contributed by atoms with Crippen LogP contribution in [0.1, 0.15) is 10.4 Å². The minimum atomic E-state index is -1.56. The molecule has 0 fully saturated rings. The number of hydrogen-bond acceptors (Lipinski definition) is 5. The van der Waals surface area contributed by atoms with Gasteiger partial charge in [0.1, 0.15) is 17.6 Å². The van der Waals surface area contributed by atoms with E-state index in [1.165, 1.54) is 30.5 Å². The molecule has 0 unspecified atom stereocenters. The molecule has 0 aliphatic carbocycles. The highest BCUT2D eigenvalue weighted by atomic mass is 16.5. The molecule has 0 saturated heterocycles. The number of anilines is 1. The van der Waals surface area contributed by atoms with Gasteiger partial charge >= 0.3 is 7.12 Å². The molecule has 0 atom stereocenters. The van der Waals surface area contributed by atoms with Crippen molar-refractivity contribution < 1.29 is 19.4 Å². The molecular formula is C16H13BN2O4. The Morgan fingerprint density at radius 1 is 1.04 bits per heavy atom. The van der Waals surface area contributed by atoms with Gasteiger partial charge in [0.2, 0.25) is 0 Å². The SMILES string of the molecule is O=C(Nc1conc1-c1ccccc1)c1ccc(B(O)O)cc1. The number of carbonyl (C=O) groups is 1. The van der Waals surface area contributed by atoms with Crippen LogP contribution >= 0.6 is 0 Å². The summed E-state index contributed by atoms with van der Waals surface area (Å²) < 4.78 is 4.96. The fourth-order valence-corrected chi connectivity index (χ4v) is 2.13. The molecule has 114 valence electrons. The Bertz CT molecular complexity index is 800. The number of hydrogen-bond donors (Lipinski definition) is 3. The first-order valence-electron chi connectivity index (χ1n) is 6.92. The van der Waals surface area contributed by atoms with Crippen LogP contribution in [0.5, 0.6) is 0 Å². The molecule has 7 heteroatoms. The smallest absolute Gasteiger partial charge is 0.423 e. The van der Waals surface area contributed by atoms with Crippen molar-refractivity contribution in [1.29, 1.82) is 0 Å². The predicted molar refractivity (Wildman–Crippen MR) is 86.2 cm³/mol. The maximum atomic E-state index is 12.3. The Morgan fingerprint density at radius 2 is 1.74 bits per heavy atom. The zero-order valence-corrected chi connectivity index (χ0v) is 12.0. The summed E-state index contributed by atoms with van der Waals surface area (Å²) in [5.41, 5.74) is 2.54. The van der Waals surface area contributed by atoms with Crippen LogP contribution in [0.25, 0.3) is 11.3 Å². The van der Waals surface area contributed by atoms with Crippen molar-refractivity contribution in [1.82, 2.24) is 5.16 Å². The normalized spacial score (nSPS) is 10.3. The van der Waals surface area contributed by atoms with Crippen molar-refractivity contribution in [3.8, 4) is 11.3 Å². The molecule has 3 N–H and O–H groups in total. The molecule has 23 heavy (non-hydrogen) atoms. The third kappa shape index (κ3) is 3.31. The van der Waals surface area contributed by atoms with Crippen molar-refractivity contribution in [3.05, 3.63) is 66.4 Å². The van der Waals surface area contributed by atoms with Gasteiger partial charge in [-0.3, -0.25) is 4.79 Å². The molecule has 1 amide bonds. The minimum Gasteiger partial charge on any atom is -0.423 e. The lowest BCUT2D eigenvalue weighted by atomic mass is 9.80. The van der Waals surface area contributed by atoms with Gasteiger partial charge in [0, 0.05) is 11.1 Å². The van der Waals surface area contributed by atoms with Crippen LogP contribution in [-0.4, -0.2) is 28.2 Å². The van der Waals surface area contributed by atoms with Crippen LogP contribution in [0.2, 0.25) is 0 Å². The molecule has 1 aromatic heterocycles. The van der Waals surface area contributed by atoms with Crippen LogP contribution in [-0.2, 0) is 0 Å². The number of amides is 1. The van der Waals surface area contributed by atoms with E-state index in [0.29, 0.717) is 22.4 Å². The first-order chi connectivity index (χ1) is 11.1. The van der Waals surface area contributed by atoms with Crippen molar-refractivity contribution in [2.75, 3.05) is 5.32 Å². The summed E-state index contributed by atoms with van der Waals surface area (Å²) in [7, 11) is -1.56. The summed E-state index contributed by atoms with van der Waals surface area (Å²) in [6, 6.07) is 15.3. The van der Waals surface area contributed by atoms with E-state index >= 15 is 0 Å². The lowest BCUT2D eigenvalue weighted by molar-refractivity contribution is 0.102. The number of nitrogens with one attached hydrogen (secondary N) is 1. The van der Waals surface area contributed by atoms with Crippen molar-refractivity contribution in [2.24, 2.45) is 0 Å². The van der Waals surface area contributed by atoms with Crippen LogP contribution in [0.4, 0.5) is 5.69 Å². The molecule has 0 aliphatic rings. The van der Waals surface area contributed by atoms with E-state index < -0.39 is 7.12 Å². The average Bonchev–Trinajstić information content (AvgIpc) is 3.04. The second-order valence-corrected chi connectivity index (χ2v) is 4.89. The Hall–Kier alpha value is -2.90. The zero-order chi connectivity index (χ0) is 16.2. The molecule has 0 aliphatic heterocycles. The topological polar surface area (TPSA) is 95.6 Å². The van der Waals surface area contributed by atoms with E-state index in [4.69, 9.17) is 14.6 Å². The van der Waals surface area contributed by atoms with E-state index in [1.54, 1.807) is 0 Å². The third-order valence-corrected chi connectivity index (χ3v) is 3.34. The summed E-state index contributed by atoms with van der Waals surface area (Å²) in [4.78, 5) is 12.3. The van der Waals surface area contributed by atoms with Gasteiger partial charge in [0.15, 0.2) is 0 Å². The van der Waals surface area contributed by atoms with Crippen molar-refractivity contribution in [2.45, 2.75) is 0 Å². The quantitative estimate of drug-likeness (QED) is 0.631. The van der Waals surface area contributed by atoms with Gasteiger partial charge in [-0.2, -0.15) is 0 Å². The highest BCUT2D eigenvalue weighted by molar-refractivity contribution is 6.58. The van der Waals surface area contributed by atoms with Crippen LogP contribution in [0, 0.1) is 0 Å². The number of nitrogens with zero attached hydrogens (tertiary/aromatic N) is 1. The first-order valence-corrected chi connectivity index (χ1v) is 6.92. The van der Waals surface area contributed by atoms with Crippen LogP contribution < -0.4 is 10.8 Å². The highest BCUT2D eigenvalue weighted by Crippen LogP contribution is 2.26. The second-order valence-electron chi connectivity index (χ2n) is 4.89. The largest absolute Gasteiger partial charge is 0.488 e. The molecule has 3 aromatic rings. The van der Waals surface area contributed by atoms with E-state index in [-0.39, 0.29) is 5.91 Å². The molecule has 0 saturated carbocycles. The minimum absolute atomic E-state index is 0.316. The Labute approximate surface area is 132 Å². The van der Waals surface area contributed by atoms with E-state index in [9.17, 15) is 4.79 Å². The van der Waals surface area contributed by atoms with Gasteiger partial charge in [-0.1, -0.05) is 47.6 Å². The Morgan fingerprint density at radius 3 is 2.39 bits per heavy atom. The fraction of sp³-hybridized carbons (Fsp3) is 0. The summed E-state index contributed by atoms with van der Waals surface area (Å²) in [6.45, 7) is 0. The van der Waals surface area contributed by atoms with E-state index in [1.807, 2.05) is 30.3 Å². The van der Waals surface area contributed by atoms with Crippen LogP contribution in [0.15, 0.2) is 65.4 Å². The monoisotopic (exact) mass is 308 g/mol. The lowest BCUT2D eigenvalue weighted by Crippen LogP contribution is -2.29. The van der Waals surface area contributed by atoms with Gasteiger partial charge in [0.05, 0.1) is 0 Å². The van der Waals surface area contributed by atoms with E-state index in [0.717, 1.165) is 5.56 Å². The molecule has 0 radical (unpaired) electrons. The second kappa shape index (κ2) is 6.47. The zero-order valence-electron chi connectivity index (χ0n) is 12.0. The molecular weight excluding hydrogens is 295 g/mol. The third-order valence-electron chi connectivity index (χ3n) is 3.34. The number of aromatic nitrogens is 1. The summed E-state index contributed by atoms with van der Waals surface area (Å²) in [5.74, 6) is -0.343. The maximum absolute atomic E-state index is 12.3. The average molecular weight is 308 g/mol. The molecule has 3 rings (SSSR count). The van der Waals surface area contributed by atoms with Gasteiger partial charge in [-0.05, 0) is 17.6 Å². The standard InChI is InChI=1S/C16H13BN2O4/c20-16(12-6-8-13(9-7-12)17(21)22)18-14-10-23-19-15(14)11-4-2-1-3-5-11/h1-10,21-22H,(H,18,20). The predicted octanol–water partition coefficient (Wildman–Crippen LogP) is 1.27. The lowest BCUT2D eigenvalue weighted by Gasteiger charge is -2.06. The highest BCUT2D eigenvalue weighted by Gasteiger charge is 2.15. The summed E-state index contributed by atoms with van der Waals surface area (Å²) in [5, 5.41) is 24.8. The van der Waals surface area contributed by atoms with Gasteiger partial charge < -0.3 is 19.9 Å². The molecule has 0 bridgehead atoms. The fourth-order valence-electron chi connectivity index (χ4n) is 2.13. The molecule has 2 aromatic carbocycles. The van der Waals surface area contributed by atoms with Crippen LogP contribution in [0.3, 0.4) is 0 Å². The van der Waals surface area contributed by atoms with Crippen molar-refractivity contribution in [3.63, 3.8) is 0 Å². The van der Waals surface area contributed by atoms with Gasteiger partial charge in [0.25, 0.3) is 5.91 Å².